The Balaban J connectivity index is 1.50. The van der Waals surface area contributed by atoms with Crippen molar-refractivity contribution in [3.8, 4) is 0 Å². The normalized spacial score (nSPS) is 15.2. The lowest BCUT2D eigenvalue weighted by Gasteiger charge is -2.27. The molecule has 1 aliphatic heterocycles. The Morgan fingerprint density at radius 1 is 1.16 bits per heavy atom. The summed E-state index contributed by atoms with van der Waals surface area (Å²) < 4.78 is 5.80. The molecule has 3 heterocycles. The van der Waals surface area contributed by atoms with Gasteiger partial charge >= 0.3 is 6.01 Å². The number of nitrogens with zero attached hydrogens (tertiary/aromatic N) is 4. The van der Waals surface area contributed by atoms with Crippen LogP contribution >= 0.6 is 11.6 Å². The molecule has 10 nitrogen and oxygen atoms in total. The lowest BCUT2D eigenvalue weighted by atomic mass is 9.95. The topological polar surface area (TPSA) is 134 Å². The van der Waals surface area contributed by atoms with Gasteiger partial charge in [-0.3, -0.25) is 10.1 Å². The fourth-order valence-electron chi connectivity index (χ4n) is 4.19. The average Bonchev–Trinajstić information content (AvgIpc) is 3.27. The van der Waals surface area contributed by atoms with Crippen LogP contribution in [0.4, 0.5) is 23.2 Å². The number of halogens is 1. The van der Waals surface area contributed by atoms with Crippen molar-refractivity contribution >= 4 is 57.8 Å². The molecule has 1 aliphatic rings. The van der Waals surface area contributed by atoms with Crippen LogP contribution in [0.2, 0.25) is 5.02 Å². The third kappa shape index (κ3) is 4.98. The molecule has 2 aromatic carbocycles. The summed E-state index contributed by atoms with van der Waals surface area (Å²) in [5.74, 6) is 0.420. The number of aryl methyl sites for hydroxylation is 1. The molecule has 5 N–H and O–H groups in total. The Kier molecular flexibility index (Phi) is 6.64. The van der Waals surface area contributed by atoms with E-state index in [4.69, 9.17) is 26.7 Å². The Morgan fingerprint density at radius 2 is 1.97 bits per heavy atom. The molecule has 0 spiro atoms. The molecule has 0 radical (unpaired) electrons. The van der Waals surface area contributed by atoms with Crippen molar-refractivity contribution in [1.82, 2.24) is 15.3 Å². The highest BCUT2D eigenvalue weighted by molar-refractivity contribution is 6.31. The number of nitrogens with two attached hydrogens (primary N) is 1. The van der Waals surface area contributed by atoms with Crippen LogP contribution in [0.5, 0.6) is 0 Å². The highest BCUT2D eigenvalue weighted by Gasteiger charge is 2.31. The molecule has 4 aromatic rings. The van der Waals surface area contributed by atoms with Crippen molar-refractivity contribution < 1.29 is 9.21 Å². The molecular formula is C27H27ClN8O2. The van der Waals surface area contributed by atoms with Crippen LogP contribution in [0.25, 0.3) is 11.1 Å². The summed E-state index contributed by atoms with van der Waals surface area (Å²) in [4.78, 5) is 29.1. The third-order valence-electron chi connectivity index (χ3n) is 6.11. The highest BCUT2D eigenvalue weighted by Crippen LogP contribution is 2.36. The number of carbonyl (C=O) groups excluding carboxylic acids is 1. The highest BCUT2D eigenvalue weighted by atomic mass is 35.5. The number of oxazole rings is 1. The number of rotatable bonds is 5. The summed E-state index contributed by atoms with van der Waals surface area (Å²) >= 11 is 6.65. The fourth-order valence-corrected chi connectivity index (χ4v) is 4.53. The van der Waals surface area contributed by atoms with Crippen LogP contribution in [0.3, 0.4) is 0 Å². The molecule has 2 aromatic heterocycles. The Hall–Kier alpha value is -4.57. The lowest BCUT2D eigenvalue weighted by Crippen LogP contribution is -2.37. The van der Waals surface area contributed by atoms with Gasteiger partial charge in [0.05, 0.1) is 11.3 Å². The molecule has 0 bridgehead atoms. The summed E-state index contributed by atoms with van der Waals surface area (Å²) in [5.41, 5.74) is 11.1. The number of aromatic nitrogens is 2. The quantitative estimate of drug-likeness (QED) is 0.269. The predicted octanol–water partition coefficient (Wildman–Crippen LogP) is 4.86. The number of aliphatic imine (C=N–C) groups is 1. The van der Waals surface area contributed by atoms with Crippen molar-refractivity contribution in [1.29, 1.82) is 0 Å². The first kappa shape index (κ1) is 25.1. The molecule has 11 heteroatoms. The maximum Gasteiger partial charge on any atom is 0.302 e. The van der Waals surface area contributed by atoms with Crippen LogP contribution in [0.15, 0.2) is 75.4 Å². The van der Waals surface area contributed by atoms with Crippen LogP contribution in [0, 0.1) is 6.92 Å². The van der Waals surface area contributed by atoms with Gasteiger partial charge in [-0.2, -0.15) is 4.98 Å². The largest absolute Gasteiger partial charge is 0.421 e. The molecule has 1 atom stereocenters. The average molecular weight is 531 g/mol. The summed E-state index contributed by atoms with van der Waals surface area (Å²) in [5, 5.41) is 9.63. The van der Waals surface area contributed by atoms with E-state index in [0.29, 0.717) is 50.4 Å². The molecule has 194 valence electrons. The summed E-state index contributed by atoms with van der Waals surface area (Å²) in [6, 6.07) is 14.2. The van der Waals surface area contributed by atoms with Gasteiger partial charge in [0.25, 0.3) is 5.91 Å². The van der Waals surface area contributed by atoms with E-state index >= 15 is 0 Å². The number of hydrogen-bond donors (Lipinski definition) is 4. The monoisotopic (exact) mass is 530 g/mol. The third-order valence-corrected chi connectivity index (χ3v) is 6.44. The summed E-state index contributed by atoms with van der Waals surface area (Å²) in [6.45, 7) is 3.75. The van der Waals surface area contributed by atoms with Crippen LogP contribution in [-0.2, 0) is 4.79 Å². The number of nitrogen functional groups attached to an aromatic ring is 1. The van der Waals surface area contributed by atoms with Crippen LogP contribution < -0.4 is 26.6 Å². The summed E-state index contributed by atoms with van der Waals surface area (Å²) in [7, 11) is 3.84. The van der Waals surface area contributed by atoms with Gasteiger partial charge in [-0.1, -0.05) is 29.8 Å². The first-order valence-corrected chi connectivity index (χ1v) is 12.3. The molecule has 0 saturated carbocycles. The zero-order valence-electron chi connectivity index (χ0n) is 21.3. The van der Waals surface area contributed by atoms with E-state index in [0.717, 1.165) is 11.3 Å². The SMILES string of the molecule is CC1=C(C(=O)Nc2cc(N(C)C)ccn2)C(c2ccc(C)cc2Cl)N=C(Nc2nc3cccc(N)c3o2)N1. The van der Waals surface area contributed by atoms with E-state index in [-0.39, 0.29) is 11.9 Å². The van der Waals surface area contributed by atoms with Gasteiger partial charge in [-0.25, -0.2) is 9.98 Å². The van der Waals surface area contributed by atoms with E-state index in [1.165, 1.54) is 0 Å². The fraction of sp³-hybridized carbons (Fsp3) is 0.185. The minimum absolute atomic E-state index is 0.211. The van der Waals surface area contributed by atoms with Crippen LogP contribution in [-0.4, -0.2) is 35.9 Å². The van der Waals surface area contributed by atoms with E-state index < -0.39 is 6.04 Å². The number of pyridine rings is 1. The maximum atomic E-state index is 13.6. The molecule has 0 aliphatic carbocycles. The maximum absolute atomic E-state index is 13.6. The number of amides is 1. The first-order chi connectivity index (χ1) is 18.2. The molecule has 5 rings (SSSR count). The number of fused-ring (bicyclic) bond motifs is 1. The van der Waals surface area contributed by atoms with Crippen molar-refractivity contribution in [2.24, 2.45) is 4.99 Å². The smallest absolute Gasteiger partial charge is 0.302 e. The van der Waals surface area contributed by atoms with E-state index in [1.807, 2.05) is 50.2 Å². The van der Waals surface area contributed by atoms with Gasteiger partial charge in [0, 0.05) is 48.3 Å². The minimum atomic E-state index is -0.710. The van der Waals surface area contributed by atoms with Crippen molar-refractivity contribution in [3.05, 3.63) is 82.1 Å². The van der Waals surface area contributed by atoms with Crippen molar-refractivity contribution in [3.63, 3.8) is 0 Å². The van der Waals surface area contributed by atoms with Crippen LogP contribution in [0.1, 0.15) is 24.1 Å². The number of anilines is 4. The predicted molar refractivity (Wildman–Crippen MR) is 151 cm³/mol. The number of benzene rings is 2. The van der Waals surface area contributed by atoms with Gasteiger partial charge in [0.15, 0.2) is 5.58 Å². The lowest BCUT2D eigenvalue weighted by molar-refractivity contribution is -0.113. The Morgan fingerprint density at radius 3 is 2.71 bits per heavy atom. The molecule has 0 saturated heterocycles. The van der Waals surface area contributed by atoms with Gasteiger partial charge in [-0.15, -0.1) is 0 Å². The molecule has 0 fully saturated rings. The van der Waals surface area contributed by atoms with Gasteiger partial charge in [0.1, 0.15) is 17.4 Å². The number of carbonyl (C=O) groups is 1. The number of hydrogen-bond acceptors (Lipinski definition) is 9. The first-order valence-electron chi connectivity index (χ1n) is 11.9. The van der Waals surface area contributed by atoms with Gasteiger partial charge < -0.3 is 25.7 Å². The zero-order chi connectivity index (χ0) is 27.0. The second kappa shape index (κ2) is 10.1. The number of nitrogens with one attached hydrogen (secondary N) is 3. The zero-order valence-corrected chi connectivity index (χ0v) is 22.1. The summed E-state index contributed by atoms with van der Waals surface area (Å²) in [6.07, 6.45) is 1.65. The molecule has 38 heavy (non-hydrogen) atoms. The standard InChI is InChI=1S/C27H27ClN8O2/c1-14-8-9-17(18(28)12-14)23-22(25(37)33-21-13-16(36(3)4)10-11-30-21)15(2)31-26(34-23)35-27-32-20-7-5-6-19(29)24(20)38-27/h5-13,23H,29H2,1-4H3,(H,30,33,37)(H2,31,32,34,35). The Bertz CT molecular complexity index is 1610. The number of para-hydroxylation sites is 1. The second-order valence-corrected chi connectivity index (χ2v) is 9.56. The molecule has 1 unspecified atom stereocenters. The van der Waals surface area contributed by atoms with E-state index in [2.05, 4.69) is 25.9 Å². The van der Waals surface area contributed by atoms with Gasteiger partial charge in [0.2, 0.25) is 5.96 Å². The molecular weight excluding hydrogens is 504 g/mol. The van der Waals surface area contributed by atoms with E-state index in [1.54, 1.807) is 37.4 Å². The van der Waals surface area contributed by atoms with Gasteiger partial charge in [-0.05, 0) is 43.7 Å². The second-order valence-electron chi connectivity index (χ2n) is 9.16. The number of allylic oxidation sites excluding steroid dienone is 1. The number of guanidine groups is 1. The van der Waals surface area contributed by atoms with E-state index in [9.17, 15) is 4.79 Å². The van der Waals surface area contributed by atoms with Crippen molar-refractivity contribution in [2.75, 3.05) is 35.4 Å². The Labute approximate surface area is 224 Å². The molecule has 1 amide bonds. The van der Waals surface area contributed by atoms with Crippen molar-refractivity contribution in [2.45, 2.75) is 19.9 Å². The minimum Gasteiger partial charge on any atom is -0.421 e.